The molecule has 0 radical (unpaired) electrons. The minimum absolute atomic E-state index is 0.0645. The molecule has 7 nitrogen and oxygen atoms in total. The van der Waals surface area contributed by atoms with Crippen LogP contribution in [0.3, 0.4) is 0 Å². The largest absolute Gasteiger partial charge is 0.478 e. The molecule has 1 spiro atoms. The molecule has 3 amide bonds. The normalized spacial score (nSPS) is 23.6. The van der Waals surface area contributed by atoms with E-state index in [-0.39, 0.29) is 17.9 Å². The number of aliphatic carboxylic acids is 1. The van der Waals surface area contributed by atoms with Crippen LogP contribution in [-0.2, 0) is 16.0 Å². The molecule has 1 aliphatic heterocycles. The second-order valence-corrected chi connectivity index (χ2v) is 12.8. The number of rotatable bonds is 9. The lowest BCUT2D eigenvalue weighted by Crippen LogP contribution is -2.52. The molecule has 1 heterocycles. The highest BCUT2D eigenvalue weighted by Gasteiger charge is 2.58. The van der Waals surface area contributed by atoms with Crippen LogP contribution < -0.4 is 4.74 Å². The fourth-order valence-electron chi connectivity index (χ4n) is 6.23. The van der Waals surface area contributed by atoms with Gasteiger partial charge in [0.25, 0.3) is 5.91 Å². The first-order valence-electron chi connectivity index (χ1n) is 14.1. The number of carbonyl (C=O) groups excluding carboxylic acids is 2. The highest BCUT2D eigenvalue weighted by Crippen LogP contribution is 2.46. The molecule has 1 N–H and O–H groups in total. The Morgan fingerprint density at radius 1 is 1.07 bits per heavy atom. The Labute approximate surface area is 245 Å². The predicted molar refractivity (Wildman–Crippen MR) is 154 cm³/mol. The number of hydrogen-bond donors (Lipinski definition) is 1. The second-order valence-electron chi connectivity index (χ2n) is 11.9. The molecule has 2 aromatic rings. The van der Waals surface area contributed by atoms with E-state index < -0.39 is 17.1 Å². The molecular weight excluding hydrogens is 551 g/mol. The Morgan fingerprint density at radius 3 is 2.42 bits per heavy atom. The van der Waals surface area contributed by atoms with Crippen molar-refractivity contribution in [2.45, 2.75) is 82.3 Å². The van der Waals surface area contributed by atoms with Gasteiger partial charge in [0, 0.05) is 23.1 Å². The molecule has 0 atom stereocenters. The molecule has 40 heavy (non-hydrogen) atoms. The Bertz CT molecular complexity index is 1300. The average molecular weight is 588 g/mol. The number of carboxylic acids is 1. The van der Waals surface area contributed by atoms with Crippen LogP contribution in [0.2, 0.25) is 10.0 Å². The number of hydrogen-bond acceptors (Lipinski definition) is 4. The maximum absolute atomic E-state index is 14.0. The first-order valence-corrected chi connectivity index (χ1v) is 14.9. The summed E-state index contributed by atoms with van der Waals surface area (Å²) in [6.45, 7) is 3.96. The zero-order chi connectivity index (χ0) is 28.7. The van der Waals surface area contributed by atoms with Gasteiger partial charge < -0.3 is 14.7 Å². The van der Waals surface area contributed by atoms with Crippen LogP contribution in [0.4, 0.5) is 4.79 Å². The van der Waals surface area contributed by atoms with Crippen molar-refractivity contribution >= 4 is 41.1 Å². The van der Waals surface area contributed by atoms with Crippen LogP contribution in [-0.4, -0.2) is 57.0 Å². The summed E-state index contributed by atoms with van der Waals surface area (Å²) in [5, 5.41) is 10.6. The minimum Gasteiger partial charge on any atom is -0.478 e. The van der Waals surface area contributed by atoms with E-state index in [0.717, 1.165) is 43.2 Å². The van der Waals surface area contributed by atoms with Crippen LogP contribution in [0.25, 0.3) is 0 Å². The monoisotopic (exact) mass is 586 g/mol. The molecule has 2 aliphatic carbocycles. The van der Waals surface area contributed by atoms with Gasteiger partial charge in [0.15, 0.2) is 5.60 Å². The molecule has 9 heteroatoms. The van der Waals surface area contributed by atoms with Crippen molar-refractivity contribution in [1.82, 2.24) is 9.80 Å². The molecule has 0 bridgehead atoms. The van der Waals surface area contributed by atoms with Gasteiger partial charge in [-0.15, -0.1) is 0 Å². The van der Waals surface area contributed by atoms with E-state index in [2.05, 4.69) is 0 Å². The van der Waals surface area contributed by atoms with E-state index in [1.165, 1.54) is 18.7 Å². The molecule has 1 saturated heterocycles. The Morgan fingerprint density at radius 2 is 1.80 bits per heavy atom. The summed E-state index contributed by atoms with van der Waals surface area (Å²) in [6, 6.07) is 12.7. The zero-order valence-electron chi connectivity index (χ0n) is 23.0. The van der Waals surface area contributed by atoms with Gasteiger partial charge in [0.2, 0.25) is 0 Å². The molecule has 3 aliphatic rings. The lowest BCUT2D eigenvalue weighted by atomic mass is 9.73. The third-order valence-electron chi connectivity index (χ3n) is 8.94. The van der Waals surface area contributed by atoms with Gasteiger partial charge in [-0.05, 0) is 106 Å². The first-order chi connectivity index (χ1) is 19.0. The van der Waals surface area contributed by atoms with Gasteiger partial charge in [-0.1, -0.05) is 47.8 Å². The third-order valence-corrected chi connectivity index (χ3v) is 9.52. The molecule has 0 aromatic heterocycles. The van der Waals surface area contributed by atoms with Crippen LogP contribution >= 0.6 is 23.2 Å². The van der Waals surface area contributed by atoms with Crippen LogP contribution in [0.1, 0.15) is 75.8 Å². The van der Waals surface area contributed by atoms with Crippen molar-refractivity contribution < 1.29 is 24.2 Å². The van der Waals surface area contributed by atoms with E-state index in [1.54, 1.807) is 18.2 Å². The van der Waals surface area contributed by atoms with E-state index in [4.69, 9.17) is 27.9 Å². The maximum Gasteiger partial charge on any atom is 0.347 e. The van der Waals surface area contributed by atoms with Crippen molar-refractivity contribution in [3.8, 4) is 5.75 Å². The summed E-state index contributed by atoms with van der Waals surface area (Å²) < 4.78 is 5.76. The third kappa shape index (κ3) is 5.55. The summed E-state index contributed by atoms with van der Waals surface area (Å²) in [7, 11) is 0. The topological polar surface area (TPSA) is 87.2 Å². The number of carbonyl (C=O) groups is 3. The number of ether oxygens (including phenoxy) is 1. The molecule has 0 unspecified atom stereocenters. The van der Waals surface area contributed by atoms with Crippen molar-refractivity contribution in [3.05, 3.63) is 63.6 Å². The lowest BCUT2D eigenvalue weighted by Gasteiger charge is -2.41. The highest BCUT2D eigenvalue weighted by molar-refractivity contribution is 6.35. The fourth-order valence-corrected chi connectivity index (χ4v) is 6.73. The van der Waals surface area contributed by atoms with E-state index >= 15 is 0 Å². The summed E-state index contributed by atoms with van der Waals surface area (Å²) in [5.74, 6) is -0.0212. The van der Waals surface area contributed by atoms with Gasteiger partial charge in [0.1, 0.15) is 11.3 Å². The fraction of sp³-hybridized carbons (Fsp3) is 0.516. The van der Waals surface area contributed by atoms with Gasteiger partial charge in [-0.2, -0.15) is 0 Å². The first kappa shape index (κ1) is 28.7. The van der Waals surface area contributed by atoms with E-state index in [9.17, 15) is 19.5 Å². The Kier molecular flexibility index (Phi) is 8.08. The quantitative estimate of drug-likeness (QED) is 0.321. The second kappa shape index (κ2) is 11.2. The summed E-state index contributed by atoms with van der Waals surface area (Å²) in [4.78, 5) is 42.5. The van der Waals surface area contributed by atoms with Gasteiger partial charge in [-0.3, -0.25) is 9.69 Å². The smallest absolute Gasteiger partial charge is 0.347 e. The van der Waals surface area contributed by atoms with E-state index in [0.29, 0.717) is 54.1 Å². The predicted octanol–water partition coefficient (Wildman–Crippen LogP) is 6.94. The Hall–Kier alpha value is -2.77. The minimum atomic E-state index is -1.34. The Balaban J connectivity index is 1.34. The molecule has 3 fully saturated rings. The van der Waals surface area contributed by atoms with Crippen molar-refractivity contribution in [2.24, 2.45) is 5.92 Å². The van der Waals surface area contributed by atoms with Gasteiger partial charge in [-0.25, -0.2) is 9.59 Å². The SMILES string of the molecule is CC(C)(Oc1cccc(C2CCC3(CC2)C(=O)N(CC2CCC2)C(=O)N3CCc2ccc(Cl)cc2Cl)c1)C(=O)O. The van der Waals surface area contributed by atoms with Gasteiger partial charge >= 0.3 is 12.0 Å². The van der Waals surface area contributed by atoms with Crippen LogP contribution in [0.15, 0.2) is 42.5 Å². The summed E-state index contributed by atoms with van der Waals surface area (Å²) in [5.41, 5.74) is -0.247. The number of halogens is 2. The summed E-state index contributed by atoms with van der Waals surface area (Å²) in [6.07, 6.45) is 6.43. The number of carboxylic acid groups (broad SMARTS) is 1. The summed E-state index contributed by atoms with van der Waals surface area (Å²) >= 11 is 12.5. The molecule has 2 saturated carbocycles. The van der Waals surface area contributed by atoms with Crippen molar-refractivity contribution in [1.29, 1.82) is 0 Å². The molecule has 5 rings (SSSR count). The number of nitrogens with zero attached hydrogens (tertiary/aromatic N) is 2. The van der Waals surface area contributed by atoms with Crippen molar-refractivity contribution in [2.75, 3.05) is 13.1 Å². The number of imide groups is 1. The standard InChI is InChI=1S/C31H36Cl2N2O5/c1-30(2,28(37)38)40-25-8-4-7-23(17-25)21-11-14-31(15-12-21)27(36)34(19-20-5-3-6-20)29(39)35(31)16-13-22-9-10-24(32)18-26(22)33/h4,7-10,17-18,20-21H,3,5-6,11-16,19H2,1-2H3,(H,37,38). The maximum atomic E-state index is 14.0. The average Bonchev–Trinajstić information content (AvgIpc) is 3.06. The molecular formula is C31H36Cl2N2O5. The number of benzene rings is 2. The van der Waals surface area contributed by atoms with Crippen LogP contribution in [0.5, 0.6) is 5.75 Å². The zero-order valence-corrected chi connectivity index (χ0v) is 24.5. The van der Waals surface area contributed by atoms with E-state index in [1.807, 2.05) is 29.2 Å². The highest BCUT2D eigenvalue weighted by atomic mass is 35.5. The number of urea groups is 1. The van der Waals surface area contributed by atoms with Crippen LogP contribution in [0, 0.1) is 5.92 Å². The number of amides is 3. The van der Waals surface area contributed by atoms with Gasteiger partial charge in [0.05, 0.1) is 0 Å². The lowest BCUT2D eigenvalue weighted by molar-refractivity contribution is -0.152. The van der Waals surface area contributed by atoms with Crippen molar-refractivity contribution in [3.63, 3.8) is 0 Å². The molecule has 214 valence electrons. The molecule has 2 aromatic carbocycles.